The quantitative estimate of drug-likeness (QED) is 0.212. The average molecular weight is 527 g/mol. The first-order chi connectivity index (χ1) is 18.1. The third-order valence-corrected chi connectivity index (χ3v) is 6.83. The molecular formula is C30H38O8. The van der Waals surface area contributed by atoms with Crippen molar-refractivity contribution in [2.45, 2.75) is 83.8 Å². The molecule has 0 aromatic heterocycles. The van der Waals surface area contributed by atoms with Crippen molar-refractivity contribution in [1.82, 2.24) is 0 Å². The Balaban J connectivity index is 2.14. The maximum Gasteiger partial charge on any atom is 0.317 e. The van der Waals surface area contributed by atoms with Crippen molar-refractivity contribution < 1.29 is 38.9 Å². The molecule has 0 saturated heterocycles. The van der Waals surface area contributed by atoms with Crippen molar-refractivity contribution in [3.05, 3.63) is 71.8 Å². The number of ether oxygens (including phenoxy) is 2. The third-order valence-electron chi connectivity index (χ3n) is 6.83. The number of carboxylic acid groups (broad SMARTS) is 2. The summed E-state index contributed by atoms with van der Waals surface area (Å²) in [5.74, 6) is -3.17. The van der Waals surface area contributed by atoms with Crippen LogP contribution in [-0.2, 0) is 41.5 Å². The van der Waals surface area contributed by atoms with Gasteiger partial charge in [0.2, 0.25) is 0 Å². The van der Waals surface area contributed by atoms with Crippen LogP contribution in [0.2, 0.25) is 0 Å². The second kappa shape index (κ2) is 15.5. The second-order valence-electron chi connectivity index (χ2n) is 9.60. The zero-order valence-electron chi connectivity index (χ0n) is 22.1. The zero-order valence-corrected chi connectivity index (χ0v) is 22.1. The maximum atomic E-state index is 12.8. The predicted octanol–water partition coefficient (Wildman–Crippen LogP) is 5.22. The molecule has 0 spiro atoms. The smallest absolute Gasteiger partial charge is 0.317 e. The first-order valence-electron chi connectivity index (χ1n) is 13.1. The highest BCUT2D eigenvalue weighted by Crippen LogP contribution is 2.38. The van der Waals surface area contributed by atoms with Crippen molar-refractivity contribution in [2.75, 3.05) is 0 Å². The van der Waals surface area contributed by atoms with Crippen LogP contribution in [0.4, 0.5) is 0 Å². The van der Waals surface area contributed by atoms with E-state index in [1.165, 1.54) is 13.8 Å². The molecule has 0 aliphatic rings. The molecule has 38 heavy (non-hydrogen) atoms. The van der Waals surface area contributed by atoms with E-state index in [1.54, 1.807) is 48.5 Å². The molecule has 0 bridgehead atoms. The van der Waals surface area contributed by atoms with Crippen LogP contribution in [0.15, 0.2) is 60.7 Å². The van der Waals surface area contributed by atoms with Gasteiger partial charge in [-0.05, 0) is 37.8 Å². The minimum absolute atomic E-state index is 0.00731. The molecule has 0 amide bonds. The Morgan fingerprint density at radius 1 is 0.684 bits per heavy atom. The molecule has 2 rings (SSSR count). The van der Waals surface area contributed by atoms with Crippen molar-refractivity contribution >= 4 is 23.9 Å². The molecule has 2 atom stereocenters. The lowest BCUT2D eigenvalue weighted by Crippen LogP contribution is -2.52. The lowest BCUT2D eigenvalue weighted by atomic mass is 9.73. The van der Waals surface area contributed by atoms with Gasteiger partial charge in [-0.1, -0.05) is 86.3 Å². The van der Waals surface area contributed by atoms with Gasteiger partial charge in [-0.25, -0.2) is 0 Å². The number of hydrogen-bond acceptors (Lipinski definition) is 6. The molecule has 0 heterocycles. The lowest BCUT2D eigenvalue weighted by molar-refractivity contribution is -0.186. The molecule has 8 heteroatoms. The molecule has 0 fully saturated rings. The van der Waals surface area contributed by atoms with E-state index < -0.39 is 41.5 Å². The van der Waals surface area contributed by atoms with E-state index in [2.05, 4.69) is 0 Å². The van der Waals surface area contributed by atoms with E-state index >= 15 is 0 Å². The van der Waals surface area contributed by atoms with Gasteiger partial charge in [0.05, 0.1) is 12.8 Å². The van der Waals surface area contributed by atoms with Gasteiger partial charge >= 0.3 is 23.9 Å². The Bertz CT molecular complexity index is 973. The Hall–Kier alpha value is -3.68. The minimum atomic E-state index is -1.65. The monoisotopic (exact) mass is 526 g/mol. The van der Waals surface area contributed by atoms with E-state index in [4.69, 9.17) is 14.6 Å². The molecule has 0 aliphatic carbocycles. The highest BCUT2D eigenvalue weighted by atomic mass is 16.6. The summed E-state index contributed by atoms with van der Waals surface area (Å²) >= 11 is 0. The molecule has 0 aliphatic heterocycles. The number of rotatable bonds is 17. The fraction of sp³-hybridized carbons (Fsp3) is 0.467. The Morgan fingerprint density at radius 2 is 1.11 bits per heavy atom. The van der Waals surface area contributed by atoms with Gasteiger partial charge in [0.25, 0.3) is 0 Å². The standard InChI is InChI=1S/C30H38O8/c1-22(37-27(33)20-24-14-8-6-9-15-24)30(29(35)36,19-13-5-3-4-12-18-26(31)32)23(2)38-28(34)21-25-16-10-7-11-17-25/h6-11,14-17,22-23H,3-5,12-13,18-21H2,1-2H3,(H,31,32)(H,35,36). The Morgan fingerprint density at radius 3 is 1.53 bits per heavy atom. The van der Waals surface area contributed by atoms with Crippen LogP contribution in [-0.4, -0.2) is 46.3 Å². The summed E-state index contributed by atoms with van der Waals surface area (Å²) in [4.78, 5) is 48.9. The molecule has 2 aromatic carbocycles. The van der Waals surface area contributed by atoms with Gasteiger partial charge in [0.1, 0.15) is 17.6 Å². The first kappa shape index (κ1) is 30.5. The number of unbranched alkanes of at least 4 members (excludes halogenated alkanes) is 4. The van der Waals surface area contributed by atoms with Gasteiger partial charge in [-0.15, -0.1) is 0 Å². The van der Waals surface area contributed by atoms with E-state index in [0.29, 0.717) is 19.3 Å². The number of carbonyl (C=O) groups is 4. The van der Waals surface area contributed by atoms with Gasteiger partial charge in [0.15, 0.2) is 0 Å². The van der Waals surface area contributed by atoms with Crippen molar-refractivity contribution in [2.24, 2.45) is 5.41 Å². The Labute approximate surface area is 224 Å². The predicted molar refractivity (Wildman–Crippen MR) is 141 cm³/mol. The van der Waals surface area contributed by atoms with Crippen LogP contribution >= 0.6 is 0 Å². The number of benzene rings is 2. The van der Waals surface area contributed by atoms with Crippen molar-refractivity contribution in [1.29, 1.82) is 0 Å². The molecular weight excluding hydrogens is 488 g/mol. The number of hydrogen-bond donors (Lipinski definition) is 2. The number of esters is 2. The highest BCUT2D eigenvalue weighted by molar-refractivity contribution is 5.79. The highest BCUT2D eigenvalue weighted by Gasteiger charge is 2.52. The molecule has 2 unspecified atom stereocenters. The van der Waals surface area contributed by atoms with Crippen LogP contribution in [0.5, 0.6) is 0 Å². The van der Waals surface area contributed by atoms with Crippen molar-refractivity contribution in [3.8, 4) is 0 Å². The SMILES string of the molecule is CC(OC(=O)Cc1ccccc1)C(CCCCCCCC(=O)O)(C(=O)O)C(C)OC(=O)Cc1ccccc1. The number of carbonyl (C=O) groups excluding carboxylic acids is 2. The number of aliphatic carboxylic acids is 2. The average Bonchev–Trinajstić information content (AvgIpc) is 2.86. The third kappa shape index (κ3) is 9.65. The lowest BCUT2D eigenvalue weighted by Gasteiger charge is -2.39. The van der Waals surface area contributed by atoms with E-state index in [1.807, 2.05) is 12.1 Å². The normalized spacial score (nSPS) is 14.1. The first-order valence-corrected chi connectivity index (χ1v) is 13.1. The summed E-state index contributed by atoms with van der Waals surface area (Å²) in [5.41, 5.74) is -0.164. The van der Waals surface area contributed by atoms with Gasteiger partial charge in [-0.3, -0.25) is 19.2 Å². The van der Waals surface area contributed by atoms with E-state index in [-0.39, 0.29) is 25.7 Å². The van der Waals surface area contributed by atoms with Crippen LogP contribution in [0.1, 0.15) is 69.9 Å². The molecule has 2 N–H and O–H groups in total. The fourth-order valence-electron chi connectivity index (χ4n) is 4.63. The topological polar surface area (TPSA) is 127 Å². The largest absolute Gasteiger partial charge is 0.481 e. The van der Waals surface area contributed by atoms with Crippen LogP contribution < -0.4 is 0 Å². The van der Waals surface area contributed by atoms with E-state index in [9.17, 15) is 24.3 Å². The zero-order chi connectivity index (χ0) is 28.0. The van der Waals surface area contributed by atoms with Crippen LogP contribution in [0.25, 0.3) is 0 Å². The van der Waals surface area contributed by atoms with Crippen molar-refractivity contribution in [3.63, 3.8) is 0 Å². The Kier molecular flexibility index (Phi) is 12.5. The minimum Gasteiger partial charge on any atom is -0.481 e. The van der Waals surface area contributed by atoms with Gasteiger partial charge < -0.3 is 19.7 Å². The summed E-state index contributed by atoms with van der Waals surface area (Å²) < 4.78 is 11.3. The second-order valence-corrected chi connectivity index (χ2v) is 9.60. The number of carboxylic acids is 2. The molecule has 206 valence electrons. The maximum absolute atomic E-state index is 12.8. The van der Waals surface area contributed by atoms with Crippen LogP contribution in [0, 0.1) is 5.41 Å². The van der Waals surface area contributed by atoms with E-state index in [0.717, 1.165) is 24.0 Å². The van der Waals surface area contributed by atoms with Crippen LogP contribution in [0.3, 0.4) is 0 Å². The molecule has 8 nitrogen and oxygen atoms in total. The summed E-state index contributed by atoms with van der Waals surface area (Å²) in [7, 11) is 0. The fourth-order valence-corrected chi connectivity index (χ4v) is 4.63. The summed E-state index contributed by atoms with van der Waals surface area (Å²) in [6, 6.07) is 18.0. The molecule has 2 aromatic rings. The summed E-state index contributed by atoms with van der Waals surface area (Å²) in [6.45, 7) is 3.07. The molecule has 0 radical (unpaired) electrons. The molecule has 0 saturated carbocycles. The van der Waals surface area contributed by atoms with Gasteiger partial charge in [0, 0.05) is 6.42 Å². The summed E-state index contributed by atoms with van der Waals surface area (Å²) in [5, 5.41) is 19.2. The summed E-state index contributed by atoms with van der Waals surface area (Å²) in [6.07, 6.45) is 1.25. The van der Waals surface area contributed by atoms with Gasteiger partial charge in [-0.2, -0.15) is 0 Å².